The first kappa shape index (κ1) is 8.94. The van der Waals surface area contributed by atoms with Gasteiger partial charge in [-0.2, -0.15) is 17.2 Å². The monoisotopic (exact) mass is 148 g/mol. The van der Waals surface area contributed by atoms with E-state index >= 15 is 0 Å². The number of thioether (sulfide) groups is 1. The van der Waals surface area contributed by atoms with Crippen molar-refractivity contribution in [2.24, 2.45) is 0 Å². The molecular formula is C5H10NO2S. The van der Waals surface area contributed by atoms with Crippen LogP contribution in [0.4, 0.5) is 0 Å². The van der Waals surface area contributed by atoms with Crippen molar-refractivity contribution in [3.05, 3.63) is 0 Å². The van der Waals surface area contributed by atoms with Gasteiger partial charge in [0.2, 0.25) is 6.29 Å². The van der Waals surface area contributed by atoms with Crippen molar-refractivity contribution in [1.29, 1.82) is 0 Å². The lowest BCUT2D eigenvalue weighted by Crippen LogP contribution is -2.27. The van der Waals surface area contributed by atoms with Crippen LogP contribution < -0.4 is 5.48 Å². The van der Waals surface area contributed by atoms with Gasteiger partial charge in [-0.25, -0.2) is 0 Å². The highest BCUT2D eigenvalue weighted by Crippen LogP contribution is 1.97. The Morgan fingerprint density at radius 3 is 2.89 bits per heavy atom. The maximum absolute atomic E-state index is 9.89. The highest BCUT2D eigenvalue weighted by molar-refractivity contribution is 7.98. The van der Waals surface area contributed by atoms with Crippen LogP contribution in [0.1, 0.15) is 6.42 Å². The standard InChI is InChI=1S/C5H10NO2S/c1-9-3-2-5(4-7)6-8/h5-6,8H,2-3H2,1H3. The van der Waals surface area contributed by atoms with E-state index < -0.39 is 6.04 Å². The molecule has 0 bridgehead atoms. The van der Waals surface area contributed by atoms with Gasteiger partial charge >= 0.3 is 0 Å². The van der Waals surface area contributed by atoms with E-state index in [0.29, 0.717) is 6.42 Å². The van der Waals surface area contributed by atoms with Gasteiger partial charge < -0.3 is 5.21 Å². The molecule has 0 amide bonds. The summed E-state index contributed by atoms with van der Waals surface area (Å²) in [6, 6.07) is -0.516. The van der Waals surface area contributed by atoms with Gasteiger partial charge in [0.25, 0.3) is 0 Å². The highest BCUT2D eigenvalue weighted by Gasteiger charge is 2.03. The number of nitrogens with one attached hydrogen (secondary N) is 1. The SMILES string of the molecule is CSCCC([C]=O)NO. The van der Waals surface area contributed by atoms with Crippen LogP contribution >= 0.6 is 11.8 Å². The molecule has 0 aromatic carbocycles. The molecule has 0 saturated heterocycles. The lowest BCUT2D eigenvalue weighted by Gasteiger charge is -2.03. The molecule has 0 aromatic rings. The Labute approximate surface area is 58.8 Å². The average Bonchev–Trinajstić information content (AvgIpc) is 1.91. The molecule has 4 heteroatoms. The van der Waals surface area contributed by atoms with Crippen molar-refractivity contribution in [3.8, 4) is 0 Å². The Balaban J connectivity index is 3.20. The first-order valence-electron chi connectivity index (χ1n) is 2.61. The summed E-state index contributed by atoms with van der Waals surface area (Å²) in [6.07, 6.45) is 4.23. The summed E-state index contributed by atoms with van der Waals surface area (Å²) >= 11 is 1.63. The summed E-state index contributed by atoms with van der Waals surface area (Å²) in [5.74, 6) is 0.855. The first-order chi connectivity index (χ1) is 4.35. The van der Waals surface area contributed by atoms with Crippen molar-refractivity contribution < 1.29 is 10.0 Å². The first-order valence-corrected chi connectivity index (χ1v) is 4.00. The lowest BCUT2D eigenvalue weighted by molar-refractivity contribution is 0.147. The van der Waals surface area contributed by atoms with Crippen molar-refractivity contribution in [2.75, 3.05) is 12.0 Å². The van der Waals surface area contributed by atoms with Crippen molar-refractivity contribution in [3.63, 3.8) is 0 Å². The number of carbonyl (C=O) groups excluding carboxylic acids is 1. The molecular weight excluding hydrogens is 138 g/mol. The molecule has 1 radical (unpaired) electrons. The Hall–Kier alpha value is -0.0600. The summed E-state index contributed by atoms with van der Waals surface area (Å²) in [6.45, 7) is 0. The van der Waals surface area contributed by atoms with Crippen molar-refractivity contribution >= 4 is 18.0 Å². The molecule has 0 saturated carbocycles. The van der Waals surface area contributed by atoms with E-state index in [1.165, 1.54) is 0 Å². The van der Waals surface area contributed by atoms with Gasteiger partial charge in [-0.05, 0) is 18.4 Å². The minimum absolute atomic E-state index is 0.516. The highest BCUT2D eigenvalue weighted by atomic mass is 32.2. The van der Waals surface area contributed by atoms with Crippen LogP contribution in [0.3, 0.4) is 0 Å². The summed E-state index contributed by atoms with van der Waals surface area (Å²) in [5.41, 5.74) is 1.85. The molecule has 0 aliphatic carbocycles. The van der Waals surface area contributed by atoms with Gasteiger partial charge in [-0.1, -0.05) is 0 Å². The maximum Gasteiger partial charge on any atom is 0.219 e. The second kappa shape index (κ2) is 6.07. The molecule has 0 fully saturated rings. The Bertz CT molecular complexity index is 79.4. The summed E-state index contributed by atoms with van der Waals surface area (Å²) < 4.78 is 0. The van der Waals surface area contributed by atoms with Gasteiger partial charge in [0, 0.05) is 0 Å². The molecule has 0 aliphatic heterocycles. The molecule has 0 aromatic heterocycles. The van der Waals surface area contributed by atoms with Crippen LogP contribution in [0.25, 0.3) is 0 Å². The average molecular weight is 148 g/mol. The fourth-order valence-electron chi connectivity index (χ4n) is 0.386. The van der Waals surface area contributed by atoms with E-state index in [0.717, 1.165) is 5.75 Å². The normalized spacial score (nSPS) is 13.1. The topological polar surface area (TPSA) is 49.3 Å². The third-order valence-corrected chi connectivity index (χ3v) is 1.55. The van der Waals surface area contributed by atoms with E-state index in [2.05, 4.69) is 0 Å². The third-order valence-electron chi connectivity index (χ3n) is 0.909. The van der Waals surface area contributed by atoms with Crippen molar-refractivity contribution in [1.82, 2.24) is 5.48 Å². The minimum Gasteiger partial charge on any atom is -0.316 e. The summed E-state index contributed by atoms with van der Waals surface area (Å²) in [5, 5.41) is 8.23. The smallest absolute Gasteiger partial charge is 0.219 e. The number of hydrogen-bond donors (Lipinski definition) is 2. The zero-order chi connectivity index (χ0) is 7.11. The second-order valence-electron chi connectivity index (χ2n) is 1.58. The predicted molar refractivity (Wildman–Crippen MR) is 37.4 cm³/mol. The molecule has 0 spiro atoms. The number of hydroxylamine groups is 1. The van der Waals surface area contributed by atoms with Crippen LogP contribution in [-0.4, -0.2) is 29.5 Å². The van der Waals surface area contributed by atoms with E-state index in [-0.39, 0.29) is 0 Å². The molecule has 9 heavy (non-hydrogen) atoms. The van der Waals surface area contributed by atoms with Crippen LogP contribution in [0, 0.1) is 0 Å². The van der Waals surface area contributed by atoms with E-state index in [4.69, 9.17) is 5.21 Å². The van der Waals surface area contributed by atoms with E-state index in [1.54, 1.807) is 18.0 Å². The zero-order valence-electron chi connectivity index (χ0n) is 5.26. The molecule has 2 N–H and O–H groups in total. The van der Waals surface area contributed by atoms with Crippen LogP contribution in [-0.2, 0) is 4.79 Å². The fourth-order valence-corrected chi connectivity index (χ4v) is 0.857. The van der Waals surface area contributed by atoms with E-state index in [9.17, 15) is 4.79 Å². The largest absolute Gasteiger partial charge is 0.316 e. The predicted octanol–water partition coefficient (Wildman–Crippen LogP) is 0.197. The lowest BCUT2D eigenvalue weighted by atomic mass is 10.3. The number of rotatable bonds is 5. The Morgan fingerprint density at radius 2 is 2.56 bits per heavy atom. The van der Waals surface area contributed by atoms with Gasteiger partial charge in [0.15, 0.2) is 0 Å². The van der Waals surface area contributed by atoms with Crippen LogP contribution in [0.2, 0.25) is 0 Å². The van der Waals surface area contributed by atoms with Crippen LogP contribution in [0.15, 0.2) is 0 Å². The zero-order valence-corrected chi connectivity index (χ0v) is 6.07. The third kappa shape index (κ3) is 4.44. The summed E-state index contributed by atoms with van der Waals surface area (Å²) in [4.78, 5) is 9.89. The minimum atomic E-state index is -0.516. The molecule has 1 unspecified atom stereocenters. The molecule has 3 nitrogen and oxygen atoms in total. The Kier molecular flexibility index (Phi) is 6.03. The molecule has 1 atom stereocenters. The second-order valence-corrected chi connectivity index (χ2v) is 2.57. The molecule has 53 valence electrons. The number of hydrogen-bond acceptors (Lipinski definition) is 4. The van der Waals surface area contributed by atoms with Gasteiger partial charge in [-0.15, -0.1) is 0 Å². The van der Waals surface area contributed by atoms with Crippen molar-refractivity contribution in [2.45, 2.75) is 12.5 Å². The van der Waals surface area contributed by atoms with Gasteiger partial charge in [0.05, 0.1) is 6.04 Å². The Morgan fingerprint density at radius 1 is 1.89 bits per heavy atom. The molecule has 0 heterocycles. The summed E-state index contributed by atoms with van der Waals surface area (Å²) in [7, 11) is 0. The molecule has 0 rings (SSSR count). The fraction of sp³-hybridized carbons (Fsp3) is 0.800. The maximum atomic E-state index is 9.89. The quantitative estimate of drug-likeness (QED) is 0.547. The van der Waals surface area contributed by atoms with Crippen LogP contribution in [0.5, 0.6) is 0 Å². The van der Waals surface area contributed by atoms with E-state index in [1.807, 2.05) is 11.7 Å². The van der Waals surface area contributed by atoms with Gasteiger partial charge in [0.1, 0.15) is 0 Å². The van der Waals surface area contributed by atoms with Gasteiger partial charge in [-0.3, -0.25) is 4.79 Å². The molecule has 0 aliphatic rings.